The van der Waals surface area contributed by atoms with Crippen LogP contribution in [0.2, 0.25) is 0 Å². The molecule has 2 aromatic carbocycles. The number of nitrogens with two attached hydrogens (primary N) is 1. The third kappa shape index (κ3) is 3.22. The average Bonchev–Trinajstić information content (AvgIpc) is 2.44. The predicted octanol–water partition coefficient (Wildman–Crippen LogP) is 2.82. The van der Waals surface area contributed by atoms with Crippen LogP contribution in [0.3, 0.4) is 0 Å². The first kappa shape index (κ1) is 14.2. The molecule has 0 aliphatic carbocycles. The maximum Gasteiger partial charge on any atom is 0.233 e. The van der Waals surface area contributed by atoms with Gasteiger partial charge in [0, 0.05) is 6.54 Å². The van der Waals surface area contributed by atoms with E-state index < -0.39 is 11.7 Å². The number of halogens is 1. The number of amides is 1. The highest BCUT2D eigenvalue weighted by Crippen LogP contribution is 2.20. The van der Waals surface area contributed by atoms with E-state index in [9.17, 15) is 9.18 Å². The number of carbonyl (C=O) groups excluding carboxylic acids is 1. The second-order valence-electron chi connectivity index (χ2n) is 4.67. The van der Waals surface area contributed by atoms with E-state index in [-0.39, 0.29) is 18.1 Å². The van der Waals surface area contributed by atoms with Gasteiger partial charge in [0.05, 0.1) is 11.6 Å². The second-order valence-corrected chi connectivity index (χ2v) is 4.67. The van der Waals surface area contributed by atoms with Crippen LogP contribution < -0.4 is 11.1 Å². The Bertz CT molecular complexity index is 599. The van der Waals surface area contributed by atoms with Gasteiger partial charge in [0.25, 0.3) is 0 Å². The fraction of sp³-hybridized carbons (Fsp3) is 0.188. The molecule has 1 atom stereocenters. The molecule has 3 N–H and O–H groups in total. The van der Waals surface area contributed by atoms with Gasteiger partial charge in [-0.15, -0.1) is 0 Å². The summed E-state index contributed by atoms with van der Waals surface area (Å²) in [5, 5.41) is 2.59. The minimum absolute atomic E-state index is 0.170. The molecule has 0 bridgehead atoms. The van der Waals surface area contributed by atoms with Crippen LogP contribution in [0.4, 0.5) is 10.1 Å². The number of anilines is 1. The van der Waals surface area contributed by atoms with Crippen molar-refractivity contribution in [3.63, 3.8) is 0 Å². The standard InChI is InChI=1S/C16H17FN2O/c1-11-7-8-15(14(17)9-11)19-16(20)13(10-18)12-5-3-2-4-6-12/h2-9,13H,10,18H2,1H3,(H,19,20). The fourth-order valence-corrected chi connectivity index (χ4v) is 2.02. The molecule has 2 aromatic rings. The molecule has 4 heteroatoms. The lowest BCUT2D eigenvalue weighted by Gasteiger charge is -2.15. The molecule has 3 nitrogen and oxygen atoms in total. The van der Waals surface area contributed by atoms with E-state index in [1.165, 1.54) is 6.07 Å². The van der Waals surface area contributed by atoms with Crippen molar-refractivity contribution in [1.29, 1.82) is 0 Å². The molecule has 0 radical (unpaired) electrons. The summed E-state index contributed by atoms with van der Waals surface area (Å²) in [6.45, 7) is 1.96. The maximum atomic E-state index is 13.7. The van der Waals surface area contributed by atoms with Crippen molar-refractivity contribution < 1.29 is 9.18 Å². The molecule has 0 aliphatic heterocycles. The normalized spacial score (nSPS) is 11.9. The Morgan fingerprint density at radius 2 is 1.95 bits per heavy atom. The summed E-state index contributed by atoms with van der Waals surface area (Å²) in [4.78, 5) is 12.2. The summed E-state index contributed by atoms with van der Waals surface area (Å²) in [5.41, 5.74) is 7.47. The summed E-state index contributed by atoms with van der Waals surface area (Å²) < 4.78 is 13.7. The molecule has 104 valence electrons. The van der Waals surface area contributed by atoms with Crippen molar-refractivity contribution in [2.24, 2.45) is 5.73 Å². The Hall–Kier alpha value is -2.20. The Morgan fingerprint density at radius 1 is 1.25 bits per heavy atom. The number of rotatable bonds is 4. The number of aryl methyl sites for hydroxylation is 1. The van der Waals surface area contributed by atoms with Crippen LogP contribution in [0.5, 0.6) is 0 Å². The number of hydrogen-bond acceptors (Lipinski definition) is 2. The third-order valence-electron chi connectivity index (χ3n) is 3.14. The number of nitrogens with one attached hydrogen (secondary N) is 1. The van der Waals surface area contributed by atoms with E-state index in [1.54, 1.807) is 19.1 Å². The smallest absolute Gasteiger partial charge is 0.233 e. The van der Waals surface area contributed by atoms with Crippen LogP contribution in [-0.2, 0) is 4.79 Å². The summed E-state index contributed by atoms with van der Waals surface area (Å²) in [5.74, 6) is -1.24. The van der Waals surface area contributed by atoms with Gasteiger partial charge in [-0.05, 0) is 30.2 Å². The molecule has 2 rings (SSSR count). The van der Waals surface area contributed by atoms with Crippen molar-refractivity contribution in [1.82, 2.24) is 0 Å². The summed E-state index contributed by atoms with van der Waals surface area (Å²) in [7, 11) is 0. The highest BCUT2D eigenvalue weighted by molar-refractivity contribution is 5.96. The SMILES string of the molecule is Cc1ccc(NC(=O)C(CN)c2ccccc2)c(F)c1. The maximum absolute atomic E-state index is 13.7. The van der Waals surface area contributed by atoms with E-state index >= 15 is 0 Å². The van der Waals surface area contributed by atoms with Gasteiger partial charge in [-0.2, -0.15) is 0 Å². The lowest BCUT2D eigenvalue weighted by atomic mass is 9.98. The van der Waals surface area contributed by atoms with E-state index in [0.717, 1.165) is 11.1 Å². The van der Waals surface area contributed by atoms with Gasteiger partial charge in [-0.1, -0.05) is 36.4 Å². The molecule has 0 fully saturated rings. The molecular formula is C16H17FN2O. The van der Waals surface area contributed by atoms with E-state index in [1.807, 2.05) is 30.3 Å². The Morgan fingerprint density at radius 3 is 2.55 bits per heavy atom. The largest absolute Gasteiger partial charge is 0.329 e. The van der Waals surface area contributed by atoms with Crippen LogP contribution in [0, 0.1) is 12.7 Å². The van der Waals surface area contributed by atoms with Crippen molar-refractivity contribution >= 4 is 11.6 Å². The molecule has 20 heavy (non-hydrogen) atoms. The number of hydrogen-bond donors (Lipinski definition) is 2. The number of carbonyl (C=O) groups is 1. The van der Waals surface area contributed by atoms with Crippen molar-refractivity contribution in [2.45, 2.75) is 12.8 Å². The molecule has 0 aromatic heterocycles. The summed E-state index contributed by atoms with van der Waals surface area (Å²) >= 11 is 0. The topological polar surface area (TPSA) is 55.1 Å². The van der Waals surface area contributed by atoms with E-state index in [4.69, 9.17) is 5.73 Å². The zero-order valence-electron chi connectivity index (χ0n) is 11.3. The van der Waals surface area contributed by atoms with E-state index in [0.29, 0.717) is 0 Å². The lowest BCUT2D eigenvalue weighted by molar-refractivity contribution is -0.117. The molecule has 0 spiro atoms. The second kappa shape index (κ2) is 6.30. The van der Waals surface area contributed by atoms with Crippen molar-refractivity contribution in [3.8, 4) is 0 Å². The molecule has 0 saturated carbocycles. The van der Waals surface area contributed by atoms with Crippen LogP contribution in [0.25, 0.3) is 0 Å². The molecule has 0 aliphatic rings. The van der Waals surface area contributed by atoms with Gasteiger partial charge in [0.1, 0.15) is 5.82 Å². The first-order chi connectivity index (χ1) is 9.61. The Balaban J connectivity index is 2.18. The number of benzene rings is 2. The highest BCUT2D eigenvalue weighted by Gasteiger charge is 2.19. The zero-order chi connectivity index (χ0) is 14.5. The Kier molecular flexibility index (Phi) is 4.48. The first-order valence-electron chi connectivity index (χ1n) is 6.44. The van der Waals surface area contributed by atoms with Crippen LogP contribution in [0.1, 0.15) is 17.0 Å². The van der Waals surface area contributed by atoms with Gasteiger partial charge in [0.15, 0.2) is 0 Å². The predicted molar refractivity (Wildman–Crippen MR) is 78.0 cm³/mol. The first-order valence-corrected chi connectivity index (χ1v) is 6.44. The molecule has 0 saturated heterocycles. The molecule has 1 amide bonds. The van der Waals surface area contributed by atoms with Gasteiger partial charge < -0.3 is 11.1 Å². The summed E-state index contributed by atoms with van der Waals surface area (Å²) in [6, 6.07) is 13.9. The molecular weight excluding hydrogens is 255 g/mol. The summed E-state index contributed by atoms with van der Waals surface area (Å²) in [6.07, 6.45) is 0. The zero-order valence-corrected chi connectivity index (χ0v) is 11.3. The minimum Gasteiger partial charge on any atom is -0.329 e. The Labute approximate surface area is 117 Å². The van der Waals surface area contributed by atoms with Crippen LogP contribution >= 0.6 is 0 Å². The minimum atomic E-state index is -0.489. The fourth-order valence-electron chi connectivity index (χ4n) is 2.02. The van der Waals surface area contributed by atoms with Gasteiger partial charge in [-0.25, -0.2) is 4.39 Å². The van der Waals surface area contributed by atoms with Gasteiger partial charge >= 0.3 is 0 Å². The average molecular weight is 272 g/mol. The van der Waals surface area contributed by atoms with Crippen molar-refractivity contribution in [2.75, 3.05) is 11.9 Å². The van der Waals surface area contributed by atoms with Crippen LogP contribution in [0.15, 0.2) is 48.5 Å². The lowest BCUT2D eigenvalue weighted by Crippen LogP contribution is -2.27. The van der Waals surface area contributed by atoms with Crippen molar-refractivity contribution in [3.05, 3.63) is 65.5 Å². The highest BCUT2D eigenvalue weighted by atomic mass is 19.1. The third-order valence-corrected chi connectivity index (χ3v) is 3.14. The molecule has 0 heterocycles. The van der Waals surface area contributed by atoms with Crippen LogP contribution in [-0.4, -0.2) is 12.5 Å². The monoisotopic (exact) mass is 272 g/mol. The van der Waals surface area contributed by atoms with Gasteiger partial charge in [0.2, 0.25) is 5.91 Å². The molecule has 1 unspecified atom stereocenters. The van der Waals surface area contributed by atoms with E-state index in [2.05, 4.69) is 5.32 Å². The van der Waals surface area contributed by atoms with Gasteiger partial charge in [-0.3, -0.25) is 4.79 Å². The quantitative estimate of drug-likeness (QED) is 0.899.